The second-order valence-corrected chi connectivity index (χ2v) is 10.7. The Morgan fingerprint density at radius 2 is 1.56 bits per heavy atom. The maximum Gasteiger partial charge on any atom is 0.251 e. The quantitative estimate of drug-likeness (QED) is 0.522. The third-order valence-corrected chi connectivity index (χ3v) is 7.67. The summed E-state index contributed by atoms with van der Waals surface area (Å²) in [6, 6.07) is 19.4. The molecule has 0 radical (unpaired) electrons. The number of hydrogen-bond acceptors (Lipinski definition) is 3. The lowest BCUT2D eigenvalue weighted by atomic mass is 9.72. The van der Waals surface area contributed by atoms with Crippen LogP contribution >= 0.6 is 11.3 Å². The Morgan fingerprint density at radius 3 is 2.06 bits per heavy atom. The lowest BCUT2D eigenvalue weighted by Crippen LogP contribution is -2.27. The van der Waals surface area contributed by atoms with Crippen molar-refractivity contribution in [1.29, 1.82) is 0 Å². The lowest BCUT2D eigenvalue weighted by molar-refractivity contribution is -0.116. The number of hydrogen-bond donors (Lipinski definition) is 2. The number of carbonyl (C=O) groups excluding carboxylic acids is 2. The molecule has 4 rings (SSSR count). The third-order valence-electron chi connectivity index (χ3n) is 6.50. The van der Waals surface area contributed by atoms with E-state index in [2.05, 4.69) is 26.1 Å². The van der Waals surface area contributed by atoms with Gasteiger partial charge in [0.05, 0.1) is 11.5 Å². The van der Waals surface area contributed by atoms with Gasteiger partial charge in [0, 0.05) is 4.88 Å². The maximum atomic E-state index is 13.6. The summed E-state index contributed by atoms with van der Waals surface area (Å²) in [5.74, 6) is -0.558. The van der Waals surface area contributed by atoms with Gasteiger partial charge in [-0.05, 0) is 47.3 Å². The van der Waals surface area contributed by atoms with Gasteiger partial charge in [-0.25, -0.2) is 0 Å². The minimum Gasteiger partial charge on any atom is -0.365 e. The average molecular weight is 447 g/mol. The summed E-state index contributed by atoms with van der Waals surface area (Å²) < 4.78 is 0. The molecular weight excluding hydrogens is 416 g/mol. The van der Waals surface area contributed by atoms with Gasteiger partial charge in [-0.1, -0.05) is 81.4 Å². The van der Waals surface area contributed by atoms with Crippen LogP contribution in [0.5, 0.6) is 0 Å². The Bertz CT molecular complexity index is 1070. The molecule has 1 atom stereocenters. The Hall–Kier alpha value is -2.92. The van der Waals surface area contributed by atoms with Crippen molar-refractivity contribution in [2.24, 2.45) is 17.1 Å². The van der Waals surface area contributed by atoms with Gasteiger partial charge < -0.3 is 11.1 Å². The molecule has 0 fully saturated rings. The summed E-state index contributed by atoms with van der Waals surface area (Å²) >= 11 is 1.51. The van der Waals surface area contributed by atoms with E-state index < -0.39 is 11.8 Å². The van der Waals surface area contributed by atoms with Crippen LogP contribution < -0.4 is 11.1 Å². The number of nitrogens with one attached hydrogen (secondary N) is 1. The molecule has 1 aliphatic carbocycles. The Kier molecular flexibility index (Phi) is 6.20. The molecule has 1 heterocycles. The second-order valence-electron chi connectivity index (χ2n) is 9.62. The third kappa shape index (κ3) is 4.49. The molecule has 0 saturated carbocycles. The van der Waals surface area contributed by atoms with Crippen LogP contribution in [0.2, 0.25) is 0 Å². The maximum absolute atomic E-state index is 13.6. The first-order valence-electron chi connectivity index (χ1n) is 11.1. The van der Waals surface area contributed by atoms with Gasteiger partial charge in [0.2, 0.25) is 5.91 Å². The topological polar surface area (TPSA) is 72.2 Å². The molecule has 2 aromatic carbocycles. The summed E-state index contributed by atoms with van der Waals surface area (Å²) in [6.07, 6.45) is 2.76. The van der Waals surface area contributed by atoms with Gasteiger partial charge in [0.15, 0.2) is 0 Å². The number of amides is 2. The zero-order valence-corrected chi connectivity index (χ0v) is 19.7. The molecule has 1 aliphatic rings. The number of rotatable bonds is 5. The summed E-state index contributed by atoms with van der Waals surface area (Å²) in [5.41, 5.74) is 9.32. The standard InChI is InChI=1S/C27H30N2O2S/c1-27(2,3)19-14-15-20-21(16-19)32-26(23(20)24(28)30)29-25(31)22(17-10-6-4-7-11-17)18-12-8-5-9-13-18/h4-13,19,22H,14-16H2,1-3H3,(H2,28,30)(H,29,31)/t19-/m0/s1. The molecule has 3 N–H and O–H groups in total. The van der Waals surface area contributed by atoms with Crippen molar-refractivity contribution >= 4 is 28.2 Å². The first kappa shape index (κ1) is 22.3. The van der Waals surface area contributed by atoms with Crippen molar-refractivity contribution in [3.05, 3.63) is 87.8 Å². The molecule has 4 nitrogen and oxygen atoms in total. The van der Waals surface area contributed by atoms with Gasteiger partial charge in [0.1, 0.15) is 5.00 Å². The van der Waals surface area contributed by atoms with Crippen LogP contribution in [0.15, 0.2) is 60.7 Å². The van der Waals surface area contributed by atoms with Gasteiger partial charge in [-0.2, -0.15) is 0 Å². The molecule has 0 saturated heterocycles. The van der Waals surface area contributed by atoms with Crippen LogP contribution in [-0.2, 0) is 17.6 Å². The van der Waals surface area contributed by atoms with Crippen LogP contribution in [-0.4, -0.2) is 11.8 Å². The minimum absolute atomic E-state index is 0.157. The zero-order valence-electron chi connectivity index (χ0n) is 18.9. The van der Waals surface area contributed by atoms with Crippen molar-refractivity contribution in [3.8, 4) is 0 Å². The number of fused-ring (bicyclic) bond motifs is 1. The SMILES string of the molecule is CC(C)(C)[C@H]1CCc2c(sc(NC(=O)C(c3ccccc3)c3ccccc3)c2C(N)=O)C1. The molecule has 0 spiro atoms. The molecule has 32 heavy (non-hydrogen) atoms. The number of carbonyl (C=O) groups is 2. The summed E-state index contributed by atoms with van der Waals surface area (Å²) in [4.78, 5) is 27.1. The Labute approximate surface area is 193 Å². The van der Waals surface area contributed by atoms with E-state index in [9.17, 15) is 9.59 Å². The summed E-state index contributed by atoms with van der Waals surface area (Å²) in [5, 5.41) is 3.66. The molecule has 0 bridgehead atoms. The van der Waals surface area contributed by atoms with Gasteiger partial charge in [0.25, 0.3) is 5.91 Å². The fraction of sp³-hybridized carbons (Fsp3) is 0.333. The molecule has 0 unspecified atom stereocenters. The molecule has 5 heteroatoms. The number of anilines is 1. The highest BCUT2D eigenvalue weighted by atomic mass is 32.1. The molecule has 166 valence electrons. The van der Waals surface area contributed by atoms with E-state index in [1.165, 1.54) is 16.2 Å². The molecule has 3 aromatic rings. The lowest BCUT2D eigenvalue weighted by Gasteiger charge is -2.33. The van der Waals surface area contributed by atoms with E-state index in [1.54, 1.807) is 0 Å². The van der Waals surface area contributed by atoms with Crippen molar-refractivity contribution in [2.75, 3.05) is 5.32 Å². The summed E-state index contributed by atoms with van der Waals surface area (Å²) in [7, 11) is 0. The monoisotopic (exact) mass is 446 g/mol. The highest BCUT2D eigenvalue weighted by Crippen LogP contribution is 2.44. The first-order valence-corrected chi connectivity index (χ1v) is 11.9. The molecular formula is C27H30N2O2S. The van der Waals surface area contributed by atoms with Gasteiger partial charge in [-0.15, -0.1) is 11.3 Å². The zero-order chi connectivity index (χ0) is 22.9. The highest BCUT2D eigenvalue weighted by Gasteiger charge is 2.34. The van der Waals surface area contributed by atoms with Crippen molar-refractivity contribution in [3.63, 3.8) is 0 Å². The smallest absolute Gasteiger partial charge is 0.251 e. The number of benzene rings is 2. The highest BCUT2D eigenvalue weighted by molar-refractivity contribution is 7.17. The number of nitrogens with two attached hydrogens (primary N) is 1. The number of primary amides is 1. The Morgan fingerprint density at radius 1 is 1.00 bits per heavy atom. The van der Waals surface area contributed by atoms with Crippen LogP contribution in [0.25, 0.3) is 0 Å². The number of thiophene rings is 1. The van der Waals surface area contributed by atoms with E-state index in [0.717, 1.165) is 36.0 Å². The fourth-order valence-electron chi connectivity index (χ4n) is 4.64. The largest absolute Gasteiger partial charge is 0.365 e. The van der Waals surface area contributed by atoms with Gasteiger partial charge in [-0.3, -0.25) is 9.59 Å². The van der Waals surface area contributed by atoms with E-state index in [-0.39, 0.29) is 11.3 Å². The predicted molar refractivity (Wildman–Crippen MR) is 131 cm³/mol. The fourth-order valence-corrected chi connectivity index (χ4v) is 5.98. The first-order chi connectivity index (χ1) is 15.3. The molecule has 1 aromatic heterocycles. The van der Waals surface area contributed by atoms with E-state index in [0.29, 0.717) is 16.5 Å². The second kappa shape index (κ2) is 8.91. The van der Waals surface area contributed by atoms with Crippen LogP contribution in [0.1, 0.15) is 65.0 Å². The normalized spacial score (nSPS) is 15.9. The Balaban J connectivity index is 1.69. The minimum atomic E-state index is -0.473. The average Bonchev–Trinajstić information content (AvgIpc) is 3.12. The van der Waals surface area contributed by atoms with Crippen molar-refractivity contribution < 1.29 is 9.59 Å². The predicted octanol–water partition coefficient (Wildman–Crippen LogP) is 5.77. The van der Waals surface area contributed by atoms with E-state index in [1.807, 2.05) is 60.7 Å². The van der Waals surface area contributed by atoms with Crippen LogP contribution in [0, 0.1) is 11.3 Å². The van der Waals surface area contributed by atoms with Crippen molar-refractivity contribution in [1.82, 2.24) is 0 Å². The van der Waals surface area contributed by atoms with Crippen molar-refractivity contribution in [2.45, 2.75) is 46.0 Å². The van der Waals surface area contributed by atoms with Crippen LogP contribution in [0.4, 0.5) is 5.00 Å². The van der Waals surface area contributed by atoms with Gasteiger partial charge >= 0.3 is 0 Å². The summed E-state index contributed by atoms with van der Waals surface area (Å²) in [6.45, 7) is 6.79. The molecule has 0 aliphatic heterocycles. The van der Waals surface area contributed by atoms with E-state index >= 15 is 0 Å². The molecule has 2 amide bonds. The van der Waals surface area contributed by atoms with E-state index in [4.69, 9.17) is 5.73 Å². The van der Waals surface area contributed by atoms with Crippen LogP contribution in [0.3, 0.4) is 0 Å².